The third kappa shape index (κ3) is 4.22. The van der Waals surface area contributed by atoms with E-state index in [0.717, 1.165) is 0 Å². The summed E-state index contributed by atoms with van der Waals surface area (Å²) in [6.07, 6.45) is -8.16. The number of hydrogen-bond donors (Lipinski definition) is 2. The molecule has 0 amide bonds. The number of nitrogens with one attached hydrogen (secondary N) is 2. The van der Waals surface area contributed by atoms with E-state index in [0.29, 0.717) is 22.5 Å². The van der Waals surface area contributed by atoms with Gasteiger partial charge in [-0.3, -0.25) is 10.2 Å². The predicted octanol–water partition coefficient (Wildman–Crippen LogP) is 4.78. The quantitative estimate of drug-likeness (QED) is 0.587. The number of hydrogen-bond acceptors (Lipinski definition) is 6. The Morgan fingerprint density at radius 3 is 2.42 bits per heavy atom. The third-order valence-corrected chi connectivity index (χ3v) is 5.51. The van der Waals surface area contributed by atoms with Crippen LogP contribution in [0.4, 0.5) is 28.9 Å². The largest absolute Gasteiger partial charge is 0.446 e. The highest BCUT2D eigenvalue weighted by atomic mass is 35.5. The van der Waals surface area contributed by atoms with E-state index in [-0.39, 0.29) is 16.6 Å². The van der Waals surface area contributed by atoms with Crippen molar-refractivity contribution in [2.75, 3.05) is 10.2 Å². The van der Waals surface area contributed by atoms with Gasteiger partial charge in [0.2, 0.25) is 12.0 Å². The molecule has 2 aliphatic heterocycles. The predicted molar refractivity (Wildman–Crippen MR) is 108 cm³/mol. The summed E-state index contributed by atoms with van der Waals surface area (Å²) < 4.78 is 56.6. The van der Waals surface area contributed by atoms with Gasteiger partial charge in [-0.2, -0.15) is 8.78 Å². The van der Waals surface area contributed by atoms with Crippen LogP contribution in [0.3, 0.4) is 0 Å². The molecule has 0 radical (unpaired) electrons. The van der Waals surface area contributed by atoms with Crippen molar-refractivity contribution in [3.8, 4) is 0 Å². The van der Waals surface area contributed by atoms with Crippen LogP contribution in [0.5, 0.6) is 0 Å². The maximum atomic E-state index is 13.1. The summed E-state index contributed by atoms with van der Waals surface area (Å²) in [6.45, 7) is 0.0963. The van der Waals surface area contributed by atoms with E-state index in [9.17, 15) is 22.4 Å². The number of fused-ring (bicyclic) bond motifs is 1. The van der Waals surface area contributed by atoms with E-state index in [1.54, 1.807) is 24.3 Å². The second kappa shape index (κ2) is 8.43. The van der Waals surface area contributed by atoms with Gasteiger partial charge in [0.25, 0.3) is 12.3 Å². The second-order valence-electron chi connectivity index (χ2n) is 6.78. The normalized spacial score (nSPS) is 19.7. The van der Waals surface area contributed by atoms with Crippen LogP contribution in [-0.2, 0) is 16.1 Å². The number of rotatable bonds is 6. The van der Waals surface area contributed by atoms with Gasteiger partial charge in [-0.05, 0) is 17.7 Å². The minimum atomic E-state index is -3.17. The maximum Gasteiger partial charge on any atom is 0.314 e. The molecule has 2 aromatic rings. The van der Waals surface area contributed by atoms with Crippen molar-refractivity contribution in [2.45, 2.75) is 31.8 Å². The van der Waals surface area contributed by atoms with Crippen LogP contribution in [0.2, 0.25) is 10.0 Å². The smallest absolute Gasteiger partial charge is 0.314 e. The summed E-state index contributed by atoms with van der Waals surface area (Å²) in [4.78, 5) is 13.5. The van der Waals surface area contributed by atoms with Crippen molar-refractivity contribution in [2.24, 2.45) is 5.10 Å². The number of benzene rings is 2. The highest BCUT2D eigenvalue weighted by Gasteiger charge is 2.38. The fourth-order valence-corrected chi connectivity index (χ4v) is 3.63. The van der Waals surface area contributed by atoms with Crippen molar-refractivity contribution in [1.82, 2.24) is 5.43 Å². The van der Waals surface area contributed by atoms with Crippen LogP contribution in [0.25, 0.3) is 0 Å². The molecule has 2 unspecified atom stereocenters. The van der Waals surface area contributed by atoms with Gasteiger partial charge in [-0.1, -0.05) is 47.5 Å². The number of Topliss-reactive ketones (excluding diaryl/α,β-unsaturated/α-hetero) is 1. The van der Waals surface area contributed by atoms with Crippen LogP contribution in [0.15, 0.2) is 41.5 Å². The monoisotopic (exact) mass is 476 g/mol. The van der Waals surface area contributed by atoms with E-state index in [1.807, 2.05) is 0 Å². The molecule has 4 rings (SSSR count). The Morgan fingerprint density at radius 2 is 1.81 bits per heavy atom. The summed E-state index contributed by atoms with van der Waals surface area (Å²) >= 11 is 12.1. The number of halogens is 6. The second-order valence-corrected chi connectivity index (χ2v) is 7.60. The van der Waals surface area contributed by atoms with Gasteiger partial charge in [-0.15, -0.1) is 5.10 Å². The fourth-order valence-electron chi connectivity index (χ4n) is 3.31. The molecule has 2 aromatic carbocycles. The van der Waals surface area contributed by atoms with E-state index in [1.165, 1.54) is 17.0 Å². The van der Waals surface area contributed by atoms with Gasteiger partial charge < -0.3 is 15.0 Å². The Hall–Kier alpha value is -2.72. The van der Waals surface area contributed by atoms with E-state index in [4.69, 9.17) is 27.9 Å². The third-order valence-electron chi connectivity index (χ3n) is 4.79. The molecule has 0 saturated carbocycles. The molecule has 0 saturated heterocycles. The Balaban J connectivity index is 1.55. The van der Waals surface area contributed by atoms with Crippen LogP contribution in [0, 0.1) is 0 Å². The minimum Gasteiger partial charge on any atom is -0.446 e. The molecule has 12 heteroatoms. The molecule has 0 aliphatic carbocycles. The minimum absolute atomic E-state index is 0.0963. The number of hydrazone groups is 1. The van der Waals surface area contributed by atoms with Crippen LogP contribution in [-0.4, -0.2) is 30.7 Å². The first-order chi connectivity index (χ1) is 14.7. The summed E-state index contributed by atoms with van der Waals surface area (Å²) in [7, 11) is 0. The molecule has 2 heterocycles. The lowest BCUT2D eigenvalue weighted by molar-refractivity contribution is -0.130. The lowest BCUT2D eigenvalue weighted by Crippen LogP contribution is -2.44. The Morgan fingerprint density at radius 1 is 1.13 bits per heavy atom. The average Bonchev–Trinajstić information content (AvgIpc) is 3.35. The van der Waals surface area contributed by atoms with Crippen molar-refractivity contribution in [3.63, 3.8) is 0 Å². The first kappa shape index (κ1) is 21.5. The Labute approximate surface area is 183 Å². The number of ketones is 1. The van der Waals surface area contributed by atoms with E-state index < -0.39 is 36.9 Å². The van der Waals surface area contributed by atoms with E-state index in [2.05, 4.69) is 15.8 Å². The van der Waals surface area contributed by atoms with Crippen LogP contribution < -0.4 is 15.6 Å². The van der Waals surface area contributed by atoms with E-state index >= 15 is 0 Å². The molecule has 0 aromatic heterocycles. The molecule has 2 N–H and O–H groups in total. The summed E-state index contributed by atoms with van der Waals surface area (Å²) in [6, 6.07) is 9.55. The molecular weight excluding hydrogens is 463 g/mol. The first-order valence-corrected chi connectivity index (χ1v) is 9.71. The van der Waals surface area contributed by atoms with Gasteiger partial charge in [0.15, 0.2) is 6.17 Å². The summed E-state index contributed by atoms with van der Waals surface area (Å²) in [5, 5.41) is 6.63. The van der Waals surface area contributed by atoms with Gasteiger partial charge >= 0.3 is 6.43 Å². The molecule has 2 aliphatic rings. The molecule has 0 spiro atoms. The number of carbonyl (C=O) groups excluding carboxylic acids is 1. The van der Waals surface area contributed by atoms with Crippen LogP contribution >= 0.6 is 23.2 Å². The average molecular weight is 477 g/mol. The maximum absolute atomic E-state index is 13.1. The van der Waals surface area contributed by atoms with Crippen molar-refractivity contribution in [1.29, 1.82) is 0 Å². The summed E-state index contributed by atoms with van der Waals surface area (Å²) in [5.41, 5.74) is 4.54. The lowest BCUT2D eigenvalue weighted by Gasteiger charge is -2.26. The molecule has 2 atom stereocenters. The zero-order valence-corrected chi connectivity index (χ0v) is 17.0. The number of anilines is 2. The molecule has 31 heavy (non-hydrogen) atoms. The SMILES string of the molecule is O=C(C(F)F)C1Nc2cc(Cl)c(Cl)cc2N1Cc1ccc(C2NN=C(C(F)F)O2)cc1. The van der Waals surface area contributed by atoms with Crippen molar-refractivity contribution in [3.05, 3.63) is 57.6 Å². The number of carbonyl (C=O) groups is 1. The highest BCUT2D eigenvalue weighted by molar-refractivity contribution is 6.42. The standard InChI is InChI=1S/C19H14Cl2F4N4O2/c20-10-5-12-13(6-11(10)21)29(17(26-12)14(30)15(22)23)7-8-1-3-9(4-2-8)18-27-28-19(31-18)16(24)25/h1-6,15-18,26-27H,7H2. The van der Waals surface area contributed by atoms with Crippen molar-refractivity contribution < 1.29 is 27.1 Å². The number of ether oxygens (including phenoxy) is 1. The summed E-state index contributed by atoms with van der Waals surface area (Å²) in [5.74, 6) is -1.99. The lowest BCUT2D eigenvalue weighted by atomic mass is 10.1. The molecule has 164 valence electrons. The Kier molecular flexibility index (Phi) is 5.85. The molecule has 0 bridgehead atoms. The first-order valence-electron chi connectivity index (χ1n) is 8.95. The number of alkyl halides is 4. The zero-order chi connectivity index (χ0) is 22.3. The van der Waals surface area contributed by atoms with Gasteiger partial charge in [-0.25, -0.2) is 8.78 Å². The van der Waals surface area contributed by atoms with Gasteiger partial charge in [0, 0.05) is 12.1 Å². The highest BCUT2D eigenvalue weighted by Crippen LogP contribution is 2.41. The van der Waals surface area contributed by atoms with Gasteiger partial charge in [0.05, 0.1) is 21.4 Å². The fraction of sp³-hybridized carbons (Fsp3) is 0.263. The number of nitrogens with zero attached hydrogens (tertiary/aromatic N) is 2. The zero-order valence-electron chi connectivity index (χ0n) is 15.5. The van der Waals surface area contributed by atoms with Gasteiger partial charge in [0.1, 0.15) is 0 Å². The van der Waals surface area contributed by atoms with Crippen molar-refractivity contribution >= 4 is 46.3 Å². The topological polar surface area (TPSA) is 66.0 Å². The molecular formula is C19H14Cl2F4N4O2. The van der Waals surface area contributed by atoms with Crippen LogP contribution in [0.1, 0.15) is 17.4 Å². The molecule has 0 fully saturated rings. The Bertz CT molecular complexity index is 1040. The molecule has 6 nitrogen and oxygen atoms in total.